The lowest BCUT2D eigenvalue weighted by Gasteiger charge is -2.10. The third-order valence-electron chi connectivity index (χ3n) is 2.77. The second kappa shape index (κ2) is 9.08. The summed E-state index contributed by atoms with van der Waals surface area (Å²) < 4.78 is 10.3. The zero-order valence-electron chi connectivity index (χ0n) is 12.4. The third-order valence-corrected chi connectivity index (χ3v) is 2.77. The molecule has 7 heteroatoms. The van der Waals surface area contributed by atoms with Crippen molar-refractivity contribution >= 4 is 35.6 Å². The van der Waals surface area contributed by atoms with Crippen molar-refractivity contribution in [3.8, 4) is 11.6 Å². The Kier molecular flexibility index (Phi) is 7.44. The molecule has 0 aliphatic carbocycles. The van der Waals surface area contributed by atoms with Crippen LogP contribution in [0.5, 0.6) is 11.6 Å². The first-order valence-electron chi connectivity index (χ1n) is 6.43. The van der Waals surface area contributed by atoms with E-state index in [1.807, 2.05) is 36.4 Å². The van der Waals surface area contributed by atoms with Crippen molar-refractivity contribution in [2.24, 2.45) is 10.7 Å². The van der Waals surface area contributed by atoms with E-state index < -0.39 is 0 Å². The van der Waals surface area contributed by atoms with E-state index in [0.717, 1.165) is 11.4 Å². The molecule has 0 amide bonds. The predicted molar refractivity (Wildman–Crippen MR) is 98.1 cm³/mol. The number of benzene rings is 1. The lowest BCUT2D eigenvalue weighted by Crippen LogP contribution is -2.23. The number of nitrogens with zero attached hydrogens (tertiary/aromatic N) is 2. The van der Waals surface area contributed by atoms with E-state index in [1.165, 1.54) is 0 Å². The first-order valence-corrected chi connectivity index (χ1v) is 6.43. The van der Waals surface area contributed by atoms with Gasteiger partial charge in [-0.05, 0) is 18.2 Å². The van der Waals surface area contributed by atoms with Crippen LogP contribution >= 0.6 is 24.0 Å². The summed E-state index contributed by atoms with van der Waals surface area (Å²) in [5, 5.41) is 3.00. The van der Waals surface area contributed by atoms with E-state index in [-0.39, 0.29) is 24.0 Å². The van der Waals surface area contributed by atoms with Crippen LogP contribution in [-0.2, 0) is 6.54 Å². The summed E-state index contributed by atoms with van der Waals surface area (Å²) >= 11 is 0. The normalized spacial score (nSPS) is 10.5. The molecule has 0 aliphatic rings. The number of rotatable bonds is 5. The van der Waals surface area contributed by atoms with Crippen molar-refractivity contribution in [1.82, 2.24) is 4.98 Å². The molecule has 22 heavy (non-hydrogen) atoms. The van der Waals surface area contributed by atoms with Crippen molar-refractivity contribution in [3.05, 3.63) is 48.2 Å². The van der Waals surface area contributed by atoms with E-state index in [2.05, 4.69) is 15.3 Å². The smallest absolute Gasteiger partial charge is 0.213 e. The summed E-state index contributed by atoms with van der Waals surface area (Å²) in [5.41, 5.74) is 7.41. The standard InChI is InChI=1S/C15H18N4O2.HI/c1-20-13-8-4-3-7-12(13)19-15(16)17-10-11-6-5-9-14(18-11)21-2;/h3-9H,10H2,1-2H3,(H3,16,17,19);1H. The van der Waals surface area contributed by atoms with Gasteiger partial charge in [-0.15, -0.1) is 24.0 Å². The highest BCUT2D eigenvalue weighted by atomic mass is 127. The van der Waals surface area contributed by atoms with Crippen LogP contribution in [-0.4, -0.2) is 25.2 Å². The van der Waals surface area contributed by atoms with Gasteiger partial charge in [0.15, 0.2) is 5.96 Å². The Bertz CT molecular complexity index is 634. The third kappa shape index (κ3) is 5.06. The highest BCUT2D eigenvalue weighted by Crippen LogP contribution is 2.22. The number of guanidine groups is 1. The first kappa shape index (κ1) is 18.0. The molecule has 0 fully saturated rings. The quantitative estimate of drug-likeness (QED) is 0.447. The van der Waals surface area contributed by atoms with Gasteiger partial charge in [0.25, 0.3) is 0 Å². The molecule has 0 unspecified atom stereocenters. The molecular formula is C15H19IN4O2. The summed E-state index contributed by atoms with van der Waals surface area (Å²) in [7, 11) is 3.18. The Balaban J connectivity index is 0.00000242. The summed E-state index contributed by atoms with van der Waals surface area (Å²) in [6.07, 6.45) is 0. The largest absolute Gasteiger partial charge is 0.495 e. The molecule has 2 aromatic rings. The number of methoxy groups -OCH3 is 2. The molecule has 0 spiro atoms. The summed E-state index contributed by atoms with van der Waals surface area (Å²) in [6.45, 7) is 0.366. The zero-order chi connectivity index (χ0) is 15.1. The van der Waals surface area contributed by atoms with Crippen LogP contribution in [0, 0.1) is 0 Å². The Hall–Kier alpha value is -2.03. The number of anilines is 1. The number of para-hydroxylation sites is 2. The fourth-order valence-corrected chi connectivity index (χ4v) is 1.75. The Morgan fingerprint density at radius 1 is 1.14 bits per heavy atom. The van der Waals surface area contributed by atoms with Crippen LogP contribution < -0.4 is 20.5 Å². The molecule has 1 aromatic carbocycles. The zero-order valence-corrected chi connectivity index (χ0v) is 14.8. The van der Waals surface area contributed by atoms with Crippen LogP contribution in [0.4, 0.5) is 5.69 Å². The van der Waals surface area contributed by atoms with Crippen LogP contribution in [0.25, 0.3) is 0 Å². The van der Waals surface area contributed by atoms with Gasteiger partial charge in [-0.25, -0.2) is 9.98 Å². The number of aromatic nitrogens is 1. The van der Waals surface area contributed by atoms with Crippen molar-refractivity contribution in [3.63, 3.8) is 0 Å². The van der Waals surface area contributed by atoms with Crippen LogP contribution in [0.3, 0.4) is 0 Å². The van der Waals surface area contributed by atoms with Crippen molar-refractivity contribution in [2.45, 2.75) is 6.54 Å². The number of hydrogen-bond donors (Lipinski definition) is 2. The summed E-state index contributed by atoms with van der Waals surface area (Å²) in [4.78, 5) is 8.52. The summed E-state index contributed by atoms with van der Waals surface area (Å²) in [6, 6.07) is 13.0. The molecule has 3 N–H and O–H groups in total. The van der Waals surface area contributed by atoms with Gasteiger partial charge in [0.1, 0.15) is 5.75 Å². The monoisotopic (exact) mass is 414 g/mol. The molecule has 0 saturated heterocycles. The first-order chi connectivity index (χ1) is 10.2. The Labute approximate surface area is 146 Å². The maximum absolute atomic E-state index is 5.87. The van der Waals surface area contributed by atoms with E-state index >= 15 is 0 Å². The molecule has 0 radical (unpaired) electrons. The number of pyridine rings is 1. The highest BCUT2D eigenvalue weighted by molar-refractivity contribution is 14.0. The average Bonchev–Trinajstić information content (AvgIpc) is 2.53. The number of ether oxygens (including phenoxy) is 2. The average molecular weight is 414 g/mol. The van der Waals surface area contributed by atoms with Gasteiger partial charge >= 0.3 is 0 Å². The van der Waals surface area contributed by atoms with Gasteiger partial charge in [-0.2, -0.15) is 0 Å². The number of nitrogens with one attached hydrogen (secondary N) is 1. The number of halogens is 1. The number of aliphatic imine (C=N–C) groups is 1. The van der Waals surface area contributed by atoms with Crippen molar-refractivity contribution in [2.75, 3.05) is 19.5 Å². The number of hydrogen-bond acceptors (Lipinski definition) is 4. The molecule has 2 rings (SSSR count). The summed E-state index contributed by atoms with van der Waals surface area (Å²) in [5.74, 6) is 1.55. The van der Waals surface area contributed by atoms with Crippen LogP contribution in [0.2, 0.25) is 0 Å². The van der Waals surface area contributed by atoms with Crippen LogP contribution in [0.1, 0.15) is 5.69 Å². The fraction of sp³-hybridized carbons (Fsp3) is 0.200. The maximum atomic E-state index is 5.87. The second-order valence-electron chi connectivity index (χ2n) is 4.20. The van der Waals surface area contributed by atoms with Gasteiger partial charge in [0.2, 0.25) is 5.88 Å². The maximum Gasteiger partial charge on any atom is 0.213 e. The highest BCUT2D eigenvalue weighted by Gasteiger charge is 2.02. The molecule has 0 saturated carbocycles. The van der Waals surface area contributed by atoms with Crippen molar-refractivity contribution < 1.29 is 9.47 Å². The molecular weight excluding hydrogens is 395 g/mol. The van der Waals surface area contributed by atoms with Gasteiger partial charge in [0.05, 0.1) is 32.1 Å². The minimum atomic E-state index is 0. The lowest BCUT2D eigenvalue weighted by molar-refractivity contribution is 0.396. The SMILES string of the molecule is COc1cccc(CN=C(N)Nc2ccccc2OC)n1.I. The Morgan fingerprint density at radius 3 is 2.64 bits per heavy atom. The lowest BCUT2D eigenvalue weighted by atomic mass is 10.3. The second-order valence-corrected chi connectivity index (χ2v) is 4.20. The van der Waals surface area contributed by atoms with Gasteiger partial charge in [0, 0.05) is 6.07 Å². The van der Waals surface area contributed by atoms with Gasteiger partial charge < -0.3 is 20.5 Å². The minimum Gasteiger partial charge on any atom is -0.495 e. The van der Waals surface area contributed by atoms with Crippen LogP contribution in [0.15, 0.2) is 47.5 Å². The molecule has 6 nitrogen and oxygen atoms in total. The topological polar surface area (TPSA) is 81.8 Å². The van der Waals surface area contributed by atoms with Crippen molar-refractivity contribution in [1.29, 1.82) is 0 Å². The Morgan fingerprint density at radius 2 is 1.91 bits per heavy atom. The molecule has 1 heterocycles. The molecule has 0 bridgehead atoms. The molecule has 118 valence electrons. The number of nitrogens with two attached hydrogens (primary N) is 1. The molecule has 0 aliphatic heterocycles. The van der Waals surface area contributed by atoms with E-state index in [9.17, 15) is 0 Å². The molecule has 1 aromatic heterocycles. The fourth-order valence-electron chi connectivity index (χ4n) is 1.75. The van der Waals surface area contributed by atoms with E-state index in [1.54, 1.807) is 20.3 Å². The van der Waals surface area contributed by atoms with Gasteiger partial charge in [-0.3, -0.25) is 0 Å². The minimum absolute atomic E-state index is 0. The predicted octanol–water partition coefficient (Wildman–Crippen LogP) is 2.64. The molecule has 0 atom stereocenters. The van der Waals surface area contributed by atoms with E-state index in [4.69, 9.17) is 15.2 Å². The van der Waals surface area contributed by atoms with Gasteiger partial charge in [-0.1, -0.05) is 18.2 Å². The van der Waals surface area contributed by atoms with E-state index in [0.29, 0.717) is 24.1 Å².